The van der Waals surface area contributed by atoms with Crippen molar-refractivity contribution in [2.45, 2.75) is 67.2 Å². The first-order valence-electron chi connectivity index (χ1n) is 14.5. The zero-order valence-electron chi connectivity index (χ0n) is 25.7. The Labute approximate surface area is 265 Å². The fourth-order valence-corrected chi connectivity index (χ4v) is 6.87. The topological polar surface area (TPSA) is 138 Å². The summed E-state index contributed by atoms with van der Waals surface area (Å²) in [5, 5.41) is 24.5. The number of carboxylic acid groups (broad SMARTS) is 2. The van der Waals surface area contributed by atoms with Gasteiger partial charge in [0.1, 0.15) is 0 Å². The second kappa shape index (κ2) is 12.2. The van der Waals surface area contributed by atoms with Crippen molar-refractivity contribution in [3.05, 3.63) is 88.0 Å². The van der Waals surface area contributed by atoms with Crippen LogP contribution in [-0.4, -0.2) is 42.1 Å². The van der Waals surface area contributed by atoms with Crippen LogP contribution >= 0.6 is 25.3 Å². The SMILES string of the molecule is C/C(S)=c1\c(C)c2[nH]\c1=C/c1[nH]c(c(CCC(=O)O)c1C)/C=c1\[nH]/c(c(C)c1CCC(=O)O)=C\c1[nH]c(/c(=C(/C)S)c1C)=C\2. The van der Waals surface area contributed by atoms with Crippen molar-refractivity contribution >= 4 is 71.3 Å². The average molecular weight is 631 g/mol. The van der Waals surface area contributed by atoms with Crippen LogP contribution in [0.2, 0.25) is 0 Å². The van der Waals surface area contributed by atoms with Crippen molar-refractivity contribution in [1.29, 1.82) is 0 Å². The van der Waals surface area contributed by atoms with Gasteiger partial charge in [0.15, 0.2) is 0 Å². The minimum atomic E-state index is -0.869. The number of hydrogen-bond donors (Lipinski definition) is 8. The highest BCUT2D eigenvalue weighted by Gasteiger charge is 2.17. The Morgan fingerprint density at radius 2 is 1.00 bits per heavy atom. The lowest BCUT2D eigenvalue weighted by Crippen LogP contribution is -2.25. The molecule has 8 nitrogen and oxygen atoms in total. The lowest BCUT2D eigenvalue weighted by atomic mass is 10.0. The molecule has 10 heteroatoms. The fraction of sp³-hybridized carbons (Fsp3) is 0.294. The highest BCUT2D eigenvalue weighted by Crippen LogP contribution is 2.22. The summed E-state index contributed by atoms with van der Waals surface area (Å²) in [5.74, 6) is -1.74. The van der Waals surface area contributed by atoms with Crippen LogP contribution in [0.4, 0.5) is 0 Å². The van der Waals surface area contributed by atoms with Gasteiger partial charge >= 0.3 is 11.9 Å². The number of nitrogens with one attached hydrogen (secondary N) is 4. The zero-order chi connectivity index (χ0) is 32.0. The van der Waals surface area contributed by atoms with Gasteiger partial charge in [-0.15, -0.1) is 25.3 Å². The quantitative estimate of drug-likeness (QED) is 0.136. The largest absolute Gasteiger partial charge is 0.481 e. The van der Waals surface area contributed by atoms with Gasteiger partial charge < -0.3 is 30.1 Å². The number of rotatable bonds is 6. The second-order valence-electron chi connectivity index (χ2n) is 11.6. The monoisotopic (exact) mass is 630 g/mol. The number of carbonyl (C=O) groups is 2. The molecular weight excluding hydrogens is 593 g/mol. The highest BCUT2D eigenvalue weighted by atomic mass is 32.1. The van der Waals surface area contributed by atoms with Crippen LogP contribution in [0, 0.1) is 27.7 Å². The van der Waals surface area contributed by atoms with Crippen molar-refractivity contribution in [3.63, 3.8) is 0 Å². The van der Waals surface area contributed by atoms with Crippen LogP contribution in [0.3, 0.4) is 0 Å². The molecule has 4 aromatic rings. The van der Waals surface area contributed by atoms with Crippen LogP contribution in [0.25, 0.3) is 34.1 Å². The number of hydrogen-bond acceptors (Lipinski definition) is 4. The van der Waals surface area contributed by atoms with Gasteiger partial charge in [-0.25, -0.2) is 0 Å². The molecule has 0 radical (unpaired) electrons. The summed E-state index contributed by atoms with van der Waals surface area (Å²) >= 11 is 9.49. The smallest absolute Gasteiger partial charge is 0.303 e. The van der Waals surface area contributed by atoms with Crippen LogP contribution in [0.5, 0.6) is 0 Å². The maximum absolute atomic E-state index is 11.6. The third-order valence-corrected chi connectivity index (χ3v) is 9.04. The first-order chi connectivity index (χ1) is 20.8. The average Bonchev–Trinajstić information content (AvgIpc) is 3.59. The number of aromatic amines is 4. The lowest BCUT2D eigenvalue weighted by Gasteiger charge is -2.01. The van der Waals surface area contributed by atoms with E-state index in [1.165, 1.54) is 0 Å². The van der Waals surface area contributed by atoms with Gasteiger partial charge in [-0.2, -0.15) is 0 Å². The van der Waals surface area contributed by atoms with Gasteiger partial charge in [0.05, 0.1) is 0 Å². The standard InChI is InChI=1S/C34H38N4O4S2/c1-15-21(7-9-31(39)40)27-14-28-22(8-10-32(41)42)16(2)24(36-28)12-29-34(20(6)44)18(4)26(38-29)13-30-33(19(5)43)17(3)25(37-30)11-23(15)35-27/h11-14,35-38,43-44H,7-10H2,1-6H3,(H,39,40)(H,41,42)/b23-11-,27-14-,29-12-,30-13-,33-19-,34-20-. The highest BCUT2D eigenvalue weighted by molar-refractivity contribution is 7.90. The van der Waals surface area contributed by atoms with Gasteiger partial charge in [0.2, 0.25) is 0 Å². The predicted octanol–water partition coefficient (Wildman–Crippen LogP) is 2.01. The first kappa shape index (κ1) is 31.4. The van der Waals surface area contributed by atoms with E-state index in [1.807, 2.05) is 33.8 Å². The Balaban J connectivity index is 1.98. The minimum Gasteiger partial charge on any atom is -0.481 e. The minimum absolute atomic E-state index is 0.0110. The van der Waals surface area contributed by atoms with E-state index in [2.05, 4.69) is 52.0 Å². The maximum Gasteiger partial charge on any atom is 0.303 e. The van der Waals surface area contributed by atoms with E-state index in [0.717, 1.165) is 97.8 Å². The van der Waals surface area contributed by atoms with Crippen LogP contribution < -0.4 is 31.8 Å². The molecule has 44 heavy (non-hydrogen) atoms. The molecule has 4 aromatic heterocycles. The Bertz CT molecular complexity index is 2220. The summed E-state index contributed by atoms with van der Waals surface area (Å²) in [5.41, 5.74) is 9.33. The molecule has 0 unspecified atom stereocenters. The fourth-order valence-electron chi connectivity index (χ4n) is 6.29. The second-order valence-corrected chi connectivity index (χ2v) is 12.9. The van der Waals surface area contributed by atoms with Crippen molar-refractivity contribution < 1.29 is 19.8 Å². The molecule has 0 amide bonds. The Morgan fingerprint density at radius 3 is 1.48 bits per heavy atom. The molecule has 6 N–H and O–H groups in total. The molecule has 0 saturated carbocycles. The molecular formula is C34H38N4O4S2. The Morgan fingerprint density at radius 1 is 0.568 bits per heavy atom. The van der Waals surface area contributed by atoms with E-state index in [9.17, 15) is 19.8 Å². The third-order valence-electron chi connectivity index (χ3n) is 8.59. The number of aromatic nitrogens is 4. The number of thiol groups is 2. The number of fused-ring (bicyclic) bond motifs is 8. The molecule has 0 aromatic carbocycles. The molecule has 1 aliphatic rings. The summed E-state index contributed by atoms with van der Waals surface area (Å²) in [6.07, 6.45) is 8.86. The van der Waals surface area contributed by atoms with E-state index >= 15 is 0 Å². The molecule has 0 saturated heterocycles. The van der Waals surface area contributed by atoms with Crippen molar-refractivity contribution in [2.75, 3.05) is 0 Å². The van der Waals surface area contributed by atoms with Gasteiger partial charge in [-0.1, -0.05) is 0 Å². The Kier molecular flexibility index (Phi) is 8.68. The summed E-state index contributed by atoms with van der Waals surface area (Å²) < 4.78 is 0. The molecule has 5 heterocycles. The van der Waals surface area contributed by atoms with E-state index in [1.54, 1.807) is 0 Å². The lowest BCUT2D eigenvalue weighted by molar-refractivity contribution is -0.138. The Hall–Kier alpha value is -4.02. The van der Waals surface area contributed by atoms with Crippen molar-refractivity contribution in [2.24, 2.45) is 0 Å². The predicted molar refractivity (Wildman–Crippen MR) is 182 cm³/mol. The molecule has 0 aliphatic carbocycles. The number of aliphatic carboxylic acids is 2. The van der Waals surface area contributed by atoms with Crippen molar-refractivity contribution in [3.8, 4) is 0 Å². The molecule has 0 fully saturated rings. The van der Waals surface area contributed by atoms with Crippen molar-refractivity contribution in [1.82, 2.24) is 19.9 Å². The van der Waals surface area contributed by atoms with Gasteiger partial charge in [-0.05, 0) is 122 Å². The van der Waals surface area contributed by atoms with E-state index in [0.29, 0.717) is 12.8 Å². The summed E-state index contributed by atoms with van der Waals surface area (Å²) in [4.78, 5) is 39.3. The summed E-state index contributed by atoms with van der Waals surface area (Å²) in [6, 6.07) is 0. The van der Waals surface area contributed by atoms with E-state index in [-0.39, 0.29) is 12.8 Å². The molecule has 5 rings (SSSR count). The molecule has 0 atom stereocenters. The molecule has 8 bridgehead atoms. The normalized spacial score (nSPS) is 16.9. The van der Waals surface area contributed by atoms with Gasteiger partial charge in [-0.3, -0.25) is 9.59 Å². The van der Waals surface area contributed by atoms with Crippen LogP contribution in [-0.2, 0) is 22.4 Å². The molecule has 0 spiro atoms. The maximum atomic E-state index is 11.6. The zero-order valence-corrected chi connectivity index (χ0v) is 27.5. The van der Waals surface area contributed by atoms with Gasteiger partial charge in [0, 0.05) is 67.5 Å². The van der Waals surface area contributed by atoms with E-state index < -0.39 is 11.9 Å². The first-order valence-corrected chi connectivity index (χ1v) is 15.4. The summed E-state index contributed by atoms with van der Waals surface area (Å²) in [7, 11) is 0. The van der Waals surface area contributed by atoms with Gasteiger partial charge in [0.25, 0.3) is 0 Å². The van der Waals surface area contributed by atoms with E-state index in [4.69, 9.17) is 25.3 Å². The summed E-state index contributed by atoms with van der Waals surface area (Å²) in [6.45, 7) is 12.1. The number of carboxylic acids is 2. The molecule has 1 aliphatic heterocycles. The molecule has 230 valence electrons. The number of H-pyrrole nitrogens is 4. The third kappa shape index (κ3) is 5.88. The van der Waals surface area contributed by atoms with Crippen LogP contribution in [0.1, 0.15) is 82.8 Å². The van der Waals surface area contributed by atoms with Crippen LogP contribution in [0.15, 0.2) is 0 Å².